The molecule has 0 saturated heterocycles. The largest absolute Gasteiger partial charge is 0.485 e. The van der Waals surface area contributed by atoms with Crippen molar-refractivity contribution in [1.29, 1.82) is 0 Å². The third kappa shape index (κ3) is 11.3. The summed E-state index contributed by atoms with van der Waals surface area (Å²) >= 11 is 0. The van der Waals surface area contributed by atoms with Crippen molar-refractivity contribution in [2.24, 2.45) is 0 Å². The van der Waals surface area contributed by atoms with Gasteiger partial charge in [-0.3, -0.25) is 0 Å². The molecule has 0 aliphatic rings. The summed E-state index contributed by atoms with van der Waals surface area (Å²) in [7, 11) is 0. The Morgan fingerprint density at radius 1 is 0.889 bits per heavy atom. The topological polar surface area (TPSA) is 94.5 Å². The molecule has 0 rings (SSSR count). The van der Waals surface area contributed by atoms with Gasteiger partial charge in [0, 0.05) is 0 Å². The van der Waals surface area contributed by atoms with Crippen LogP contribution < -0.4 is 0 Å². The highest BCUT2D eigenvalue weighted by atomic mass is 16.6. The fourth-order valence-corrected chi connectivity index (χ4v) is 0.892. The molecule has 0 aromatic carbocycles. The summed E-state index contributed by atoms with van der Waals surface area (Å²) in [5.74, 6) is -1.47. The molecule has 0 aliphatic heterocycles. The molecule has 106 valence electrons. The molecular weight excluding hydrogens is 244 g/mol. The number of hydrogen-bond acceptors (Lipinski definition) is 6. The first-order valence-electron chi connectivity index (χ1n) is 5.57. The van der Waals surface area contributed by atoms with Crippen LogP contribution in [0.25, 0.3) is 0 Å². The maximum Gasteiger partial charge on any atom is 0.370 e. The molecule has 0 aliphatic carbocycles. The second-order valence-corrected chi connectivity index (χ2v) is 3.14. The molecule has 0 amide bonds. The molecule has 0 bridgehead atoms. The molecular formula is C11H20O7. The molecule has 0 aromatic rings. The van der Waals surface area contributed by atoms with Crippen LogP contribution in [0, 0.1) is 0 Å². The first-order valence-corrected chi connectivity index (χ1v) is 5.57. The van der Waals surface area contributed by atoms with E-state index in [1.165, 1.54) is 0 Å². The highest BCUT2D eigenvalue weighted by molar-refractivity contribution is 5.83. The Morgan fingerprint density at radius 2 is 1.33 bits per heavy atom. The van der Waals surface area contributed by atoms with Crippen LogP contribution in [-0.4, -0.2) is 69.0 Å². The Bertz CT molecular complexity index is 229. The summed E-state index contributed by atoms with van der Waals surface area (Å²) in [5, 5.41) is 16.9. The molecule has 0 saturated carbocycles. The summed E-state index contributed by atoms with van der Waals surface area (Å²) in [5.41, 5.74) is 0. The second-order valence-electron chi connectivity index (χ2n) is 3.14. The van der Waals surface area contributed by atoms with E-state index in [0.717, 1.165) is 0 Å². The van der Waals surface area contributed by atoms with Gasteiger partial charge < -0.3 is 29.2 Å². The van der Waals surface area contributed by atoms with Gasteiger partial charge >= 0.3 is 5.97 Å². The van der Waals surface area contributed by atoms with E-state index in [2.05, 4.69) is 6.58 Å². The van der Waals surface area contributed by atoms with E-state index in [0.29, 0.717) is 33.0 Å². The SMILES string of the molecule is C=C(OCCOCCOCCOCCO)C(=O)O. The first kappa shape index (κ1) is 16.9. The molecule has 0 fully saturated rings. The lowest BCUT2D eigenvalue weighted by atomic mass is 10.6. The zero-order chi connectivity index (χ0) is 13.6. The fraction of sp³-hybridized carbons (Fsp3) is 0.727. The zero-order valence-electron chi connectivity index (χ0n) is 10.3. The van der Waals surface area contributed by atoms with Gasteiger partial charge in [-0.2, -0.15) is 0 Å². The van der Waals surface area contributed by atoms with Gasteiger partial charge in [0.15, 0.2) is 5.76 Å². The Labute approximate surface area is 106 Å². The highest BCUT2D eigenvalue weighted by Gasteiger charge is 2.03. The monoisotopic (exact) mass is 264 g/mol. The lowest BCUT2D eigenvalue weighted by Gasteiger charge is -2.07. The maximum absolute atomic E-state index is 10.3. The van der Waals surface area contributed by atoms with Crippen LogP contribution in [0.2, 0.25) is 0 Å². The number of carboxylic acid groups (broad SMARTS) is 1. The van der Waals surface area contributed by atoms with Crippen molar-refractivity contribution in [1.82, 2.24) is 0 Å². The molecule has 0 atom stereocenters. The number of aliphatic carboxylic acids is 1. The van der Waals surface area contributed by atoms with Gasteiger partial charge in [0.1, 0.15) is 6.61 Å². The van der Waals surface area contributed by atoms with Crippen LogP contribution in [0.5, 0.6) is 0 Å². The number of rotatable bonds is 13. The van der Waals surface area contributed by atoms with Crippen molar-refractivity contribution in [2.75, 3.05) is 52.9 Å². The second kappa shape index (κ2) is 12.3. The van der Waals surface area contributed by atoms with Crippen molar-refractivity contribution in [3.63, 3.8) is 0 Å². The Hall–Kier alpha value is -1.15. The van der Waals surface area contributed by atoms with Crippen molar-refractivity contribution in [3.8, 4) is 0 Å². The number of ether oxygens (including phenoxy) is 4. The van der Waals surface area contributed by atoms with Gasteiger partial charge in [0.2, 0.25) is 0 Å². The molecule has 7 heteroatoms. The van der Waals surface area contributed by atoms with E-state index >= 15 is 0 Å². The number of hydrogen-bond donors (Lipinski definition) is 2. The van der Waals surface area contributed by atoms with Crippen LogP contribution >= 0.6 is 0 Å². The van der Waals surface area contributed by atoms with E-state index in [4.69, 9.17) is 29.2 Å². The standard InChI is InChI=1S/C11H20O7/c1-10(11(13)14)18-9-8-17-7-6-16-5-4-15-3-2-12/h12H,1-9H2,(H,13,14). The van der Waals surface area contributed by atoms with E-state index in [9.17, 15) is 4.79 Å². The predicted molar refractivity (Wildman–Crippen MR) is 62.3 cm³/mol. The third-order valence-corrected chi connectivity index (χ3v) is 1.72. The number of carboxylic acids is 1. The van der Waals surface area contributed by atoms with Crippen molar-refractivity contribution < 1.29 is 34.0 Å². The fourth-order valence-electron chi connectivity index (χ4n) is 0.892. The Morgan fingerprint density at radius 3 is 1.78 bits per heavy atom. The Balaban J connectivity index is 3.07. The smallest absolute Gasteiger partial charge is 0.370 e. The highest BCUT2D eigenvalue weighted by Crippen LogP contribution is 1.92. The first-order chi connectivity index (χ1) is 8.68. The van der Waals surface area contributed by atoms with E-state index in [1.807, 2.05) is 0 Å². The van der Waals surface area contributed by atoms with Gasteiger partial charge in [-0.25, -0.2) is 4.79 Å². The molecule has 0 aromatic heterocycles. The van der Waals surface area contributed by atoms with Gasteiger partial charge in [-0.05, 0) is 6.58 Å². The lowest BCUT2D eigenvalue weighted by Crippen LogP contribution is -2.13. The van der Waals surface area contributed by atoms with Gasteiger partial charge in [0.25, 0.3) is 0 Å². The summed E-state index contributed by atoms with van der Waals surface area (Å²) in [6.45, 7) is 5.62. The van der Waals surface area contributed by atoms with Crippen molar-refractivity contribution in [3.05, 3.63) is 12.3 Å². The molecule has 18 heavy (non-hydrogen) atoms. The molecule has 7 nitrogen and oxygen atoms in total. The Kier molecular flexibility index (Phi) is 11.5. The van der Waals surface area contributed by atoms with Gasteiger partial charge in [-0.1, -0.05) is 0 Å². The normalized spacial score (nSPS) is 10.3. The van der Waals surface area contributed by atoms with Crippen LogP contribution in [0.3, 0.4) is 0 Å². The van der Waals surface area contributed by atoms with Crippen LogP contribution in [-0.2, 0) is 23.7 Å². The summed E-state index contributed by atoms with van der Waals surface area (Å²) < 4.78 is 20.0. The van der Waals surface area contributed by atoms with Gasteiger partial charge in [-0.15, -0.1) is 0 Å². The average molecular weight is 264 g/mol. The van der Waals surface area contributed by atoms with Crippen molar-refractivity contribution >= 4 is 5.97 Å². The average Bonchev–Trinajstić information content (AvgIpc) is 2.35. The van der Waals surface area contributed by atoms with E-state index in [-0.39, 0.29) is 25.6 Å². The molecule has 0 unspecified atom stereocenters. The molecule has 0 radical (unpaired) electrons. The molecule has 2 N–H and O–H groups in total. The third-order valence-electron chi connectivity index (χ3n) is 1.72. The van der Waals surface area contributed by atoms with Crippen LogP contribution in [0.15, 0.2) is 12.3 Å². The minimum Gasteiger partial charge on any atom is -0.485 e. The van der Waals surface area contributed by atoms with Gasteiger partial charge in [0.05, 0.1) is 46.2 Å². The van der Waals surface area contributed by atoms with Crippen LogP contribution in [0.1, 0.15) is 0 Å². The zero-order valence-corrected chi connectivity index (χ0v) is 10.3. The minimum atomic E-state index is -1.18. The maximum atomic E-state index is 10.3. The summed E-state index contributed by atoms with van der Waals surface area (Å²) in [6.07, 6.45) is 0. The summed E-state index contributed by atoms with van der Waals surface area (Å²) in [6, 6.07) is 0. The van der Waals surface area contributed by atoms with Crippen LogP contribution in [0.4, 0.5) is 0 Å². The number of carbonyl (C=O) groups is 1. The summed E-state index contributed by atoms with van der Waals surface area (Å²) in [4.78, 5) is 10.3. The van der Waals surface area contributed by atoms with Crippen molar-refractivity contribution in [2.45, 2.75) is 0 Å². The van der Waals surface area contributed by atoms with E-state index in [1.54, 1.807) is 0 Å². The lowest BCUT2D eigenvalue weighted by molar-refractivity contribution is -0.136. The quantitative estimate of drug-likeness (QED) is 0.266. The predicted octanol–water partition coefficient (Wildman–Crippen LogP) is -0.357. The number of aliphatic hydroxyl groups excluding tert-OH is 1. The molecule has 0 heterocycles. The minimum absolute atomic E-state index is 0.00471. The molecule has 0 spiro atoms. The number of aliphatic hydroxyl groups is 1. The van der Waals surface area contributed by atoms with E-state index < -0.39 is 5.97 Å².